The molecule has 0 fully saturated rings. The van der Waals surface area contributed by atoms with Gasteiger partial charge in [0.1, 0.15) is 0 Å². The van der Waals surface area contributed by atoms with E-state index in [2.05, 4.69) is 14.7 Å². The van der Waals surface area contributed by atoms with Gasteiger partial charge in [-0.1, -0.05) is 42.5 Å². The zero-order valence-corrected chi connectivity index (χ0v) is 11.8. The standard InChI is InChI=1S/C15H12N4OS/c16-12-9-5-4-8-11(12)14(20)18-15-17-13(19-21-15)10-6-2-1-3-7-10/h1-9H,16H2,(H,17,18,19,20). The first kappa shape index (κ1) is 13.3. The number of hydrogen-bond acceptors (Lipinski definition) is 5. The normalized spacial score (nSPS) is 10.3. The Morgan fingerprint density at radius 3 is 2.52 bits per heavy atom. The highest BCUT2D eigenvalue weighted by molar-refractivity contribution is 7.10. The Morgan fingerprint density at radius 1 is 1.05 bits per heavy atom. The summed E-state index contributed by atoms with van der Waals surface area (Å²) in [4.78, 5) is 16.4. The highest BCUT2D eigenvalue weighted by Gasteiger charge is 2.12. The van der Waals surface area contributed by atoms with E-state index in [1.54, 1.807) is 24.3 Å². The molecule has 3 aromatic rings. The van der Waals surface area contributed by atoms with Gasteiger partial charge in [-0.05, 0) is 12.1 Å². The third-order valence-corrected chi connectivity index (χ3v) is 3.51. The van der Waals surface area contributed by atoms with Gasteiger partial charge in [0.2, 0.25) is 5.13 Å². The molecule has 0 saturated carbocycles. The number of nitrogen functional groups attached to an aromatic ring is 1. The molecular weight excluding hydrogens is 284 g/mol. The molecule has 0 spiro atoms. The fraction of sp³-hybridized carbons (Fsp3) is 0. The van der Waals surface area contributed by atoms with E-state index in [4.69, 9.17) is 5.73 Å². The highest BCUT2D eigenvalue weighted by atomic mass is 32.1. The molecule has 0 radical (unpaired) electrons. The topological polar surface area (TPSA) is 80.9 Å². The van der Waals surface area contributed by atoms with Gasteiger partial charge < -0.3 is 5.73 Å². The van der Waals surface area contributed by atoms with Crippen molar-refractivity contribution in [1.82, 2.24) is 9.36 Å². The second-order valence-corrected chi connectivity index (χ2v) is 5.08. The van der Waals surface area contributed by atoms with E-state index in [1.165, 1.54) is 0 Å². The number of rotatable bonds is 3. The summed E-state index contributed by atoms with van der Waals surface area (Å²) in [5, 5.41) is 3.16. The monoisotopic (exact) mass is 296 g/mol. The summed E-state index contributed by atoms with van der Waals surface area (Å²) in [6.45, 7) is 0. The summed E-state index contributed by atoms with van der Waals surface area (Å²) < 4.78 is 4.24. The van der Waals surface area contributed by atoms with Crippen molar-refractivity contribution in [3.63, 3.8) is 0 Å². The Hall–Kier alpha value is -2.73. The van der Waals surface area contributed by atoms with Crippen LogP contribution >= 0.6 is 11.5 Å². The first-order chi connectivity index (χ1) is 10.2. The van der Waals surface area contributed by atoms with Crippen molar-refractivity contribution >= 4 is 28.3 Å². The first-order valence-corrected chi connectivity index (χ1v) is 7.06. The van der Waals surface area contributed by atoms with E-state index in [1.807, 2.05) is 30.3 Å². The van der Waals surface area contributed by atoms with E-state index in [9.17, 15) is 4.79 Å². The number of carbonyl (C=O) groups is 1. The molecule has 0 bridgehead atoms. The minimum absolute atomic E-state index is 0.288. The van der Waals surface area contributed by atoms with Crippen LogP contribution in [-0.4, -0.2) is 15.3 Å². The maximum absolute atomic E-state index is 12.1. The zero-order valence-electron chi connectivity index (χ0n) is 11.0. The molecule has 0 saturated heterocycles. The quantitative estimate of drug-likeness (QED) is 0.728. The molecule has 0 aliphatic rings. The Balaban J connectivity index is 1.79. The Morgan fingerprint density at radius 2 is 1.76 bits per heavy atom. The number of nitrogens with two attached hydrogens (primary N) is 1. The van der Waals surface area contributed by atoms with Crippen molar-refractivity contribution < 1.29 is 4.79 Å². The summed E-state index contributed by atoms with van der Waals surface area (Å²) in [6, 6.07) is 16.5. The van der Waals surface area contributed by atoms with Gasteiger partial charge in [0.15, 0.2) is 5.82 Å². The number of hydrogen-bond donors (Lipinski definition) is 2. The molecule has 5 nitrogen and oxygen atoms in total. The second-order valence-electron chi connectivity index (χ2n) is 4.33. The minimum atomic E-state index is -0.288. The molecular formula is C15H12N4OS. The molecule has 3 rings (SSSR count). The summed E-state index contributed by atoms with van der Waals surface area (Å²) in [5.41, 5.74) is 7.55. The van der Waals surface area contributed by atoms with Gasteiger partial charge in [-0.15, -0.1) is 0 Å². The van der Waals surface area contributed by atoms with Gasteiger partial charge in [0.25, 0.3) is 5.91 Å². The molecule has 0 aliphatic carbocycles. The number of benzene rings is 2. The fourth-order valence-electron chi connectivity index (χ4n) is 1.85. The maximum atomic E-state index is 12.1. The van der Waals surface area contributed by atoms with Crippen molar-refractivity contribution in [2.75, 3.05) is 11.1 Å². The summed E-state index contributed by atoms with van der Waals surface area (Å²) >= 11 is 1.14. The third-order valence-electron chi connectivity index (χ3n) is 2.88. The summed E-state index contributed by atoms with van der Waals surface area (Å²) in [7, 11) is 0. The average molecular weight is 296 g/mol. The van der Waals surface area contributed by atoms with Crippen LogP contribution in [0.2, 0.25) is 0 Å². The Bertz CT molecular complexity index is 770. The number of amides is 1. The van der Waals surface area contributed by atoms with Crippen LogP contribution in [0.25, 0.3) is 11.4 Å². The van der Waals surface area contributed by atoms with Gasteiger partial charge in [-0.3, -0.25) is 10.1 Å². The fourth-order valence-corrected chi connectivity index (χ4v) is 2.43. The predicted molar refractivity (Wildman–Crippen MR) is 84.2 cm³/mol. The molecule has 1 amide bonds. The van der Waals surface area contributed by atoms with Gasteiger partial charge in [0.05, 0.1) is 5.56 Å². The molecule has 2 aromatic carbocycles. The van der Waals surface area contributed by atoms with E-state index in [0.717, 1.165) is 17.1 Å². The summed E-state index contributed by atoms with van der Waals surface area (Å²) in [6.07, 6.45) is 0. The van der Waals surface area contributed by atoms with Crippen LogP contribution < -0.4 is 11.1 Å². The van der Waals surface area contributed by atoms with Gasteiger partial charge in [-0.25, -0.2) is 0 Å². The Labute approximate surface area is 125 Å². The molecule has 0 atom stereocenters. The van der Waals surface area contributed by atoms with Gasteiger partial charge in [-0.2, -0.15) is 9.36 Å². The van der Waals surface area contributed by atoms with Gasteiger partial charge in [0, 0.05) is 22.8 Å². The number of anilines is 2. The van der Waals surface area contributed by atoms with Gasteiger partial charge >= 0.3 is 0 Å². The third kappa shape index (κ3) is 2.90. The van der Waals surface area contributed by atoms with E-state index < -0.39 is 0 Å². The lowest BCUT2D eigenvalue weighted by Crippen LogP contribution is -2.13. The minimum Gasteiger partial charge on any atom is -0.398 e. The van der Waals surface area contributed by atoms with E-state index in [-0.39, 0.29) is 5.91 Å². The number of carbonyl (C=O) groups excluding carboxylic acids is 1. The molecule has 21 heavy (non-hydrogen) atoms. The maximum Gasteiger partial charge on any atom is 0.259 e. The molecule has 3 N–H and O–H groups in total. The van der Waals surface area contributed by atoms with Crippen LogP contribution in [0.15, 0.2) is 54.6 Å². The van der Waals surface area contributed by atoms with Crippen molar-refractivity contribution in [2.24, 2.45) is 0 Å². The average Bonchev–Trinajstić information content (AvgIpc) is 2.97. The van der Waals surface area contributed by atoms with Crippen molar-refractivity contribution in [1.29, 1.82) is 0 Å². The van der Waals surface area contributed by atoms with Crippen LogP contribution in [0.3, 0.4) is 0 Å². The molecule has 1 heterocycles. The second kappa shape index (κ2) is 5.72. The van der Waals surface area contributed by atoms with E-state index in [0.29, 0.717) is 22.2 Å². The highest BCUT2D eigenvalue weighted by Crippen LogP contribution is 2.21. The lowest BCUT2D eigenvalue weighted by Gasteiger charge is -2.03. The van der Waals surface area contributed by atoms with Crippen LogP contribution in [0.4, 0.5) is 10.8 Å². The van der Waals surface area contributed by atoms with Crippen LogP contribution in [0, 0.1) is 0 Å². The smallest absolute Gasteiger partial charge is 0.259 e. The SMILES string of the molecule is Nc1ccccc1C(=O)Nc1nc(-c2ccccc2)ns1. The van der Waals surface area contributed by atoms with Crippen molar-refractivity contribution in [3.8, 4) is 11.4 Å². The van der Waals surface area contributed by atoms with E-state index >= 15 is 0 Å². The Kier molecular flexibility index (Phi) is 3.61. The number of para-hydroxylation sites is 1. The first-order valence-electron chi connectivity index (χ1n) is 6.29. The molecule has 6 heteroatoms. The zero-order chi connectivity index (χ0) is 14.7. The largest absolute Gasteiger partial charge is 0.398 e. The van der Waals surface area contributed by atoms with Crippen LogP contribution in [0.1, 0.15) is 10.4 Å². The number of nitrogens with one attached hydrogen (secondary N) is 1. The molecule has 104 valence electrons. The van der Waals surface area contributed by atoms with Crippen LogP contribution in [-0.2, 0) is 0 Å². The predicted octanol–water partition coefficient (Wildman–Crippen LogP) is 3.04. The lowest BCUT2D eigenvalue weighted by molar-refractivity contribution is 0.102. The van der Waals surface area contributed by atoms with Crippen LogP contribution in [0.5, 0.6) is 0 Å². The van der Waals surface area contributed by atoms with Crippen molar-refractivity contribution in [2.45, 2.75) is 0 Å². The summed E-state index contributed by atoms with van der Waals surface area (Å²) in [5.74, 6) is 0.306. The number of nitrogens with zero attached hydrogens (tertiary/aromatic N) is 2. The molecule has 0 unspecified atom stereocenters. The van der Waals surface area contributed by atoms with Crippen molar-refractivity contribution in [3.05, 3.63) is 60.2 Å². The lowest BCUT2D eigenvalue weighted by atomic mass is 10.2. The molecule has 1 aromatic heterocycles. The molecule has 0 aliphatic heterocycles. The number of aromatic nitrogens is 2.